The second kappa shape index (κ2) is 8.90. The zero-order valence-corrected chi connectivity index (χ0v) is 19.7. The summed E-state index contributed by atoms with van der Waals surface area (Å²) in [6.45, 7) is 1.90. The van der Waals surface area contributed by atoms with Gasteiger partial charge in [-0.15, -0.1) is 11.3 Å². The summed E-state index contributed by atoms with van der Waals surface area (Å²) < 4.78 is 29.2. The molecule has 0 saturated carbocycles. The third-order valence-electron chi connectivity index (χ3n) is 5.06. The van der Waals surface area contributed by atoms with Crippen LogP contribution >= 0.6 is 22.9 Å². The molecule has 1 amide bonds. The van der Waals surface area contributed by atoms with Gasteiger partial charge in [-0.05, 0) is 61.5 Å². The van der Waals surface area contributed by atoms with Gasteiger partial charge in [-0.25, -0.2) is 13.4 Å². The van der Waals surface area contributed by atoms with Crippen molar-refractivity contribution >= 4 is 54.8 Å². The Balaban J connectivity index is 1.56. The van der Waals surface area contributed by atoms with E-state index in [4.69, 9.17) is 11.6 Å². The van der Waals surface area contributed by atoms with Crippen LogP contribution < -0.4 is 4.72 Å². The van der Waals surface area contributed by atoms with Crippen molar-refractivity contribution in [3.8, 4) is 0 Å². The fourth-order valence-corrected chi connectivity index (χ4v) is 5.44. The fraction of sp³-hybridized carbons (Fsp3) is 0.130. The Kier molecular flexibility index (Phi) is 6.19. The Hall–Kier alpha value is -2.94. The Morgan fingerprint density at radius 1 is 1.06 bits per heavy atom. The van der Waals surface area contributed by atoms with Crippen LogP contribution in [0.5, 0.6) is 0 Å². The summed E-state index contributed by atoms with van der Waals surface area (Å²) in [6.07, 6.45) is 0. The monoisotopic (exact) mass is 485 g/mol. The number of nitrogens with one attached hydrogen (secondary N) is 1. The molecule has 9 heteroatoms. The maximum absolute atomic E-state index is 13.1. The highest BCUT2D eigenvalue weighted by molar-refractivity contribution is 7.92. The summed E-state index contributed by atoms with van der Waals surface area (Å²) in [4.78, 5) is 19.3. The highest BCUT2D eigenvalue weighted by atomic mass is 35.5. The van der Waals surface area contributed by atoms with E-state index in [-0.39, 0.29) is 22.4 Å². The van der Waals surface area contributed by atoms with Gasteiger partial charge in [0.25, 0.3) is 15.9 Å². The maximum Gasteiger partial charge on any atom is 0.261 e. The van der Waals surface area contributed by atoms with E-state index in [1.54, 1.807) is 48.3 Å². The number of sulfonamides is 1. The van der Waals surface area contributed by atoms with Gasteiger partial charge in [0, 0.05) is 23.3 Å². The minimum absolute atomic E-state index is 0.000611. The highest BCUT2D eigenvalue weighted by Crippen LogP contribution is 2.30. The molecule has 1 aromatic heterocycles. The molecule has 4 aromatic rings. The molecule has 32 heavy (non-hydrogen) atoms. The second-order valence-corrected chi connectivity index (χ2v) is 10.4. The number of rotatable bonds is 6. The molecule has 6 nitrogen and oxygen atoms in total. The Morgan fingerprint density at radius 2 is 1.78 bits per heavy atom. The molecule has 1 atom stereocenters. The molecule has 0 aliphatic rings. The highest BCUT2D eigenvalue weighted by Gasteiger charge is 2.23. The van der Waals surface area contributed by atoms with Gasteiger partial charge in [0.05, 0.1) is 21.2 Å². The number of anilines is 1. The molecule has 164 valence electrons. The number of hydrogen-bond acceptors (Lipinski definition) is 5. The molecule has 0 unspecified atom stereocenters. The van der Waals surface area contributed by atoms with Crippen LogP contribution in [0.25, 0.3) is 10.2 Å². The number of halogens is 1. The summed E-state index contributed by atoms with van der Waals surface area (Å²) in [5.74, 6) is -0.291. The van der Waals surface area contributed by atoms with Gasteiger partial charge in [-0.1, -0.05) is 29.8 Å². The van der Waals surface area contributed by atoms with Gasteiger partial charge in [0.15, 0.2) is 0 Å². The van der Waals surface area contributed by atoms with Crippen LogP contribution in [0.3, 0.4) is 0 Å². The number of thiazole rings is 1. The zero-order valence-electron chi connectivity index (χ0n) is 17.3. The number of benzene rings is 3. The number of hydrogen-bond donors (Lipinski definition) is 1. The van der Waals surface area contributed by atoms with Crippen LogP contribution in [0.2, 0.25) is 5.02 Å². The van der Waals surface area contributed by atoms with Crippen LogP contribution in [-0.2, 0) is 10.0 Å². The fourth-order valence-electron chi connectivity index (χ4n) is 3.14. The van der Waals surface area contributed by atoms with E-state index in [1.807, 2.05) is 31.2 Å². The van der Waals surface area contributed by atoms with Crippen LogP contribution in [0.4, 0.5) is 5.69 Å². The third-order valence-corrected chi connectivity index (χ3v) is 7.89. The second-order valence-electron chi connectivity index (χ2n) is 7.25. The first kappa shape index (κ1) is 22.3. The quantitative estimate of drug-likeness (QED) is 0.386. The number of amides is 1. The summed E-state index contributed by atoms with van der Waals surface area (Å²) in [5, 5.41) is 1.32. The molecule has 0 spiro atoms. The normalized spacial score (nSPS) is 12.5. The minimum atomic E-state index is -3.87. The topological polar surface area (TPSA) is 79.4 Å². The number of para-hydroxylation sites is 1. The first-order valence-corrected chi connectivity index (χ1v) is 12.4. The van der Waals surface area contributed by atoms with Gasteiger partial charge >= 0.3 is 0 Å². The average molecular weight is 486 g/mol. The first-order valence-electron chi connectivity index (χ1n) is 9.76. The lowest BCUT2D eigenvalue weighted by Gasteiger charge is -2.23. The van der Waals surface area contributed by atoms with Crippen LogP contribution in [-0.4, -0.2) is 31.3 Å². The van der Waals surface area contributed by atoms with E-state index >= 15 is 0 Å². The molecule has 4 rings (SSSR count). The van der Waals surface area contributed by atoms with Gasteiger partial charge in [-0.3, -0.25) is 9.52 Å². The number of aromatic nitrogens is 1. The molecule has 0 aliphatic heterocycles. The van der Waals surface area contributed by atoms with Crippen molar-refractivity contribution in [2.45, 2.75) is 17.9 Å². The van der Waals surface area contributed by atoms with E-state index in [0.717, 1.165) is 15.2 Å². The molecule has 0 radical (unpaired) electrons. The standard InChI is InChI=1S/C23H20ClN3O3S2/c1-15(22-25-20-8-3-4-9-21(20)31-22)27(2)23(28)16-6-5-7-19(14-16)32(29,30)26-18-12-10-17(24)11-13-18/h3-15,26H,1-2H3/t15-/m1/s1. The lowest BCUT2D eigenvalue weighted by Crippen LogP contribution is -2.29. The van der Waals surface area contributed by atoms with Crippen molar-refractivity contribution in [1.82, 2.24) is 9.88 Å². The van der Waals surface area contributed by atoms with Crippen molar-refractivity contribution in [1.29, 1.82) is 0 Å². The SMILES string of the molecule is C[C@H](c1nc2ccccc2s1)N(C)C(=O)c1cccc(S(=O)(=O)Nc2ccc(Cl)cc2)c1. The molecule has 3 aromatic carbocycles. The molecule has 0 fully saturated rings. The van der Waals surface area contributed by atoms with Gasteiger partial charge in [0.2, 0.25) is 0 Å². The number of fused-ring (bicyclic) bond motifs is 1. The van der Waals surface area contributed by atoms with Gasteiger partial charge in [-0.2, -0.15) is 0 Å². The smallest absolute Gasteiger partial charge is 0.261 e. The van der Waals surface area contributed by atoms with Gasteiger partial charge < -0.3 is 4.90 Å². The molecule has 0 saturated heterocycles. The Morgan fingerprint density at radius 3 is 2.50 bits per heavy atom. The number of carbonyl (C=O) groups is 1. The van der Waals surface area contributed by atoms with Crippen molar-refractivity contribution in [3.63, 3.8) is 0 Å². The maximum atomic E-state index is 13.1. The predicted molar refractivity (Wildman–Crippen MR) is 129 cm³/mol. The van der Waals surface area contributed by atoms with Crippen LogP contribution in [0.15, 0.2) is 77.7 Å². The molecular weight excluding hydrogens is 466 g/mol. The Bertz CT molecular complexity index is 1350. The molecular formula is C23H20ClN3O3S2. The van der Waals surface area contributed by atoms with Crippen LogP contribution in [0.1, 0.15) is 28.3 Å². The first-order chi connectivity index (χ1) is 15.2. The van der Waals surface area contributed by atoms with E-state index in [9.17, 15) is 13.2 Å². The van der Waals surface area contributed by atoms with E-state index in [0.29, 0.717) is 10.7 Å². The summed E-state index contributed by atoms with van der Waals surface area (Å²) in [6, 6.07) is 19.9. The lowest BCUT2D eigenvalue weighted by molar-refractivity contribution is 0.0742. The summed E-state index contributed by atoms with van der Waals surface area (Å²) in [7, 11) is -2.19. The van der Waals surface area contributed by atoms with E-state index < -0.39 is 10.0 Å². The van der Waals surface area contributed by atoms with E-state index in [1.165, 1.54) is 23.5 Å². The van der Waals surface area contributed by atoms with Crippen molar-refractivity contribution < 1.29 is 13.2 Å². The van der Waals surface area contributed by atoms with E-state index in [2.05, 4.69) is 9.71 Å². The lowest BCUT2D eigenvalue weighted by atomic mass is 10.2. The zero-order chi connectivity index (χ0) is 22.9. The molecule has 0 bridgehead atoms. The minimum Gasteiger partial charge on any atom is -0.333 e. The number of carbonyl (C=O) groups excluding carboxylic acids is 1. The third kappa shape index (κ3) is 4.62. The van der Waals surface area contributed by atoms with Crippen LogP contribution in [0, 0.1) is 0 Å². The largest absolute Gasteiger partial charge is 0.333 e. The molecule has 0 aliphatic carbocycles. The van der Waals surface area contributed by atoms with Crippen molar-refractivity contribution in [3.05, 3.63) is 88.4 Å². The molecule has 1 heterocycles. The summed E-state index contributed by atoms with van der Waals surface area (Å²) in [5.41, 5.74) is 1.55. The van der Waals surface area contributed by atoms with Crippen molar-refractivity contribution in [2.75, 3.05) is 11.8 Å². The average Bonchev–Trinajstić information content (AvgIpc) is 3.23. The summed E-state index contributed by atoms with van der Waals surface area (Å²) >= 11 is 7.39. The van der Waals surface area contributed by atoms with Crippen molar-refractivity contribution in [2.24, 2.45) is 0 Å². The molecule has 1 N–H and O–H groups in total. The van der Waals surface area contributed by atoms with Gasteiger partial charge in [0.1, 0.15) is 5.01 Å². The Labute approximate surface area is 195 Å². The number of nitrogens with zero attached hydrogens (tertiary/aromatic N) is 2. The predicted octanol–water partition coefficient (Wildman–Crippen LogP) is 5.58.